The molecular weight excluding hydrogens is 748 g/mol. The number of phenols is 2. The molecule has 13 heteroatoms. The molecule has 0 saturated carbocycles. The van der Waals surface area contributed by atoms with Crippen LogP contribution in [0.1, 0.15) is 136 Å². The van der Waals surface area contributed by atoms with Crippen LogP contribution in [-0.4, -0.2) is 87.8 Å². The van der Waals surface area contributed by atoms with Crippen molar-refractivity contribution in [3.05, 3.63) is 34.5 Å². The number of aliphatic hydroxyl groups excluding tert-OH is 4. The van der Waals surface area contributed by atoms with Crippen molar-refractivity contribution in [3.8, 4) is 45.8 Å². The fourth-order valence-corrected chi connectivity index (χ4v) is 7.11. The van der Waals surface area contributed by atoms with Crippen molar-refractivity contribution >= 4 is 11.0 Å². The van der Waals surface area contributed by atoms with E-state index >= 15 is 0 Å². The van der Waals surface area contributed by atoms with Crippen LogP contribution >= 0.6 is 0 Å². The molecule has 0 amide bonds. The Morgan fingerprint density at radius 1 is 0.603 bits per heavy atom. The third kappa shape index (κ3) is 12.9. The second-order valence-corrected chi connectivity index (χ2v) is 15.3. The first kappa shape index (κ1) is 46.9. The zero-order valence-electron chi connectivity index (χ0n) is 34.8. The summed E-state index contributed by atoms with van der Waals surface area (Å²) in [6, 6.07) is 6.00. The molecule has 6 N–H and O–H groups in total. The molecule has 3 unspecified atom stereocenters. The van der Waals surface area contributed by atoms with Gasteiger partial charge in [0.2, 0.25) is 29.0 Å². The topological polar surface area (TPSA) is 198 Å². The summed E-state index contributed by atoms with van der Waals surface area (Å²) in [5, 5.41) is 64.0. The molecular formula is C45H68O13. The Kier molecular flexibility index (Phi) is 20.2. The van der Waals surface area contributed by atoms with E-state index in [1.807, 2.05) is 0 Å². The van der Waals surface area contributed by atoms with E-state index in [1.165, 1.54) is 12.1 Å². The largest absolute Gasteiger partial charge is 0.508 e. The molecule has 2 aromatic carbocycles. The quantitative estimate of drug-likeness (QED) is 0.0383. The summed E-state index contributed by atoms with van der Waals surface area (Å²) < 4.78 is 37.3. The summed E-state index contributed by atoms with van der Waals surface area (Å²) in [7, 11) is 0. The minimum absolute atomic E-state index is 0.00272. The Balaban J connectivity index is 1.88. The lowest BCUT2D eigenvalue weighted by Gasteiger charge is -2.39. The maximum Gasteiger partial charge on any atom is 0.297 e. The Bertz CT molecular complexity index is 1690. The molecule has 0 bridgehead atoms. The highest BCUT2D eigenvalue weighted by Crippen LogP contribution is 2.52. The van der Waals surface area contributed by atoms with Gasteiger partial charge in [-0.1, -0.05) is 129 Å². The average Bonchev–Trinajstić information content (AvgIpc) is 3.22. The molecule has 2 heterocycles. The van der Waals surface area contributed by atoms with E-state index in [4.69, 9.17) is 28.1 Å². The molecule has 1 saturated heterocycles. The van der Waals surface area contributed by atoms with Gasteiger partial charge in [0.1, 0.15) is 41.1 Å². The van der Waals surface area contributed by atoms with Crippen LogP contribution < -0.4 is 24.4 Å². The summed E-state index contributed by atoms with van der Waals surface area (Å²) in [6.45, 7) is 6.28. The number of ether oxygens (including phenoxy) is 5. The third-order valence-electron chi connectivity index (χ3n) is 10.6. The maximum absolute atomic E-state index is 14.8. The van der Waals surface area contributed by atoms with Crippen molar-refractivity contribution in [1.29, 1.82) is 0 Å². The Morgan fingerprint density at radius 3 is 1.64 bits per heavy atom. The van der Waals surface area contributed by atoms with E-state index < -0.39 is 48.5 Å². The third-order valence-corrected chi connectivity index (χ3v) is 10.6. The number of rotatable bonds is 28. The normalized spacial score (nSPS) is 19.4. The summed E-state index contributed by atoms with van der Waals surface area (Å²) >= 11 is 0. The molecule has 1 aromatic heterocycles. The van der Waals surface area contributed by atoms with Crippen molar-refractivity contribution in [1.82, 2.24) is 0 Å². The van der Waals surface area contributed by atoms with Crippen molar-refractivity contribution in [2.24, 2.45) is 0 Å². The van der Waals surface area contributed by atoms with Crippen molar-refractivity contribution in [3.63, 3.8) is 0 Å². The summed E-state index contributed by atoms with van der Waals surface area (Å²) in [6.07, 6.45) is 9.42. The van der Waals surface area contributed by atoms with Gasteiger partial charge in [-0.2, -0.15) is 0 Å². The zero-order valence-corrected chi connectivity index (χ0v) is 34.8. The minimum Gasteiger partial charge on any atom is -0.508 e. The molecule has 13 nitrogen and oxygen atoms in total. The molecule has 1 aliphatic rings. The first-order valence-corrected chi connectivity index (χ1v) is 21.7. The number of fused-ring (bicyclic) bond motifs is 1. The van der Waals surface area contributed by atoms with Crippen LogP contribution in [-0.2, 0) is 4.74 Å². The molecule has 0 aliphatic carbocycles. The molecule has 0 radical (unpaired) electrons. The van der Waals surface area contributed by atoms with Crippen molar-refractivity contribution in [2.45, 2.75) is 167 Å². The summed E-state index contributed by atoms with van der Waals surface area (Å²) in [5.74, 6) is -1.37. The van der Waals surface area contributed by atoms with Crippen LogP contribution in [0.3, 0.4) is 0 Å². The molecule has 0 spiro atoms. The Labute approximate surface area is 342 Å². The molecule has 326 valence electrons. The second-order valence-electron chi connectivity index (χ2n) is 15.3. The highest BCUT2D eigenvalue weighted by atomic mass is 16.7. The maximum atomic E-state index is 14.8. The van der Waals surface area contributed by atoms with E-state index in [0.717, 1.165) is 96.3 Å². The van der Waals surface area contributed by atoms with Gasteiger partial charge in [0.05, 0.1) is 26.4 Å². The van der Waals surface area contributed by atoms with E-state index in [9.17, 15) is 35.4 Å². The second kappa shape index (κ2) is 25.0. The van der Waals surface area contributed by atoms with Gasteiger partial charge in [0.15, 0.2) is 11.3 Å². The number of hydrogen-bond donors (Lipinski definition) is 6. The molecule has 1 fully saturated rings. The lowest BCUT2D eigenvalue weighted by atomic mass is 9.99. The molecule has 58 heavy (non-hydrogen) atoms. The molecule has 5 atom stereocenters. The van der Waals surface area contributed by atoms with Gasteiger partial charge in [-0.05, 0) is 37.0 Å². The van der Waals surface area contributed by atoms with Gasteiger partial charge in [-0.25, -0.2) is 0 Å². The van der Waals surface area contributed by atoms with Gasteiger partial charge < -0.3 is 58.7 Å². The number of aromatic hydroxyl groups is 2. The van der Waals surface area contributed by atoms with E-state index in [0.29, 0.717) is 24.8 Å². The SMILES string of the molecule is CCCCCCCCOc1oc2c(OCCCCCCCC)c(O[C@@H]3OC(CO)[C@@H](O)C(O)C3O)c(OCCCCCCCC)c(O)c2c(=O)c1-c1ccc(O)cc1. The van der Waals surface area contributed by atoms with Gasteiger partial charge in [-0.3, -0.25) is 4.79 Å². The fraction of sp³-hybridized carbons (Fsp3) is 0.667. The van der Waals surface area contributed by atoms with Crippen molar-refractivity contribution in [2.75, 3.05) is 26.4 Å². The van der Waals surface area contributed by atoms with Gasteiger partial charge in [-0.15, -0.1) is 0 Å². The fourth-order valence-electron chi connectivity index (χ4n) is 7.11. The Morgan fingerprint density at radius 2 is 1.10 bits per heavy atom. The highest BCUT2D eigenvalue weighted by molar-refractivity contribution is 5.97. The lowest BCUT2D eigenvalue weighted by Crippen LogP contribution is -2.60. The number of aliphatic hydroxyl groups is 4. The number of hydrogen-bond acceptors (Lipinski definition) is 13. The minimum atomic E-state index is -1.80. The predicted octanol–water partition coefficient (Wildman–Crippen LogP) is 8.27. The van der Waals surface area contributed by atoms with E-state index in [-0.39, 0.29) is 65.3 Å². The number of benzene rings is 2. The molecule has 4 rings (SSSR count). The van der Waals surface area contributed by atoms with Gasteiger partial charge in [0, 0.05) is 0 Å². The zero-order chi connectivity index (χ0) is 41.9. The number of unbranched alkanes of at least 4 members (excludes halogenated alkanes) is 15. The molecule has 3 aromatic rings. The van der Waals surface area contributed by atoms with Gasteiger partial charge >= 0.3 is 0 Å². The smallest absolute Gasteiger partial charge is 0.297 e. The monoisotopic (exact) mass is 816 g/mol. The van der Waals surface area contributed by atoms with Crippen LogP contribution in [0, 0.1) is 0 Å². The van der Waals surface area contributed by atoms with Crippen LogP contribution in [0.15, 0.2) is 33.5 Å². The summed E-state index contributed by atoms with van der Waals surface area (Å²) in [4.78, 5) is 14.8. The Hall–Kier alpha value is -3.75. The number of phenolic OH excluding ortho intramolecular Hbond substituents is 2. The van der Waals surface area contributed by atoms with E-state index in [2.05, 4.69) is 20.8 Å². The first-order valence-electron chi connectivity index (χ1n) is 21.7. The predicted molar refractivity (Wildman–Crippen MR) is 222 cm³/mol. The van der Waals surface area contributed by atoms with E-state index in [1.54, 1.807) is 12.1 Å². The lowest BCUT2D eigenvalue weighted by molar-refractivity contribution is -0.277. The van der Waals surface area contributed by atoms with Crippen LogP contribution in [0.4, 0.5) is 0 Å². The highest BCUT2D eigenvalue weighted by Gasteiger charge is 2.46. The average molecular weight is 817 g/mol. The van der Waals surface area contributed by atoms with Crippen LogP contribution in [0.25, 0.3) is 22.1 Å². The standard InChI is InChI=1S/C45H68O13/c1-4-7-10-13-16-19-26-53-41-37(50)34-36(49)33(30-22-24-31(47)25-23-30)44(55-28-21-18-15-12-9-6-3)57-40(34)42(54-27-20-17-14-11-8-5-2)43(41)58-45-39(52)38(51)35(48)32(29-46)56-45/h22-25,32,35,38-39,45-48,50-52H,4-21,26-29H2,1-3H3/t32?,35-,38?,39?,45+/m1/s1. The van der Waals surface area contributed by atoms with Crippen molar-refractivity contribution < 1.29 is 58.7 Å². The first-order chi connectivity index (χ1) is 28.2. The van der Waals surface area contributed by atoms with Crippen LogP contribution in [0.2, 0.25) is 0 Å². The summed E-state index contributed by atoms with van der Waals surface area (Å²) in [5.41, 5.74) is -0.423. The van der Waals surface area contributed by atoms with Gasteiger partial charge in [0.25, 0.3) is 5.95 Å². The van der Waals surface area contributed by atoms with Crippen LogP contribution in [0.5, 0.6) is 34.7 Å². The molecule has 1 aliphatic heterocycles.